The van der Waals surface area contributed by atoms with Gasteiger partial charge in [0.05, 0.1) is 0 Å². The number of allylic oxidation sites excluding steroid dienone is 1. The summed E-state index contributed by atoms with van der Waals surface area (Å²) < 4.78 is 0. The lowest BCUT2D eigenvalue weighted by Crippen LogP contribution is -2.27. The quantitative estimate of drug-likeness (QED) is 0.438. The van der Waals surface area contributed by atoms with Crippen LogP contribution in [0.3, 0.4) is 0 Å². The van der Waals surface area contributed by atoms with E-state index in [4.69, 9.17) is 5.11 Å². The first-order valence-corrected chi connectivity index (χ1v) is 5.75. The van der Waals surface area contributed by atoms with Gasteiger partial charge in [-0.05, 0) is 38.6 Å². The van der Waals surface area contributed by atoms with E-state index in [0.29, 0.717) is 6.61 Å². The smallest absolute Gasteiger partial charge is 0.0499 e. The molecule has 14 heavy (non-hydrogen) atoms. The Labute approximate surface area is 87.4 Å². The van der Waals surface area contributed by atoms with E-state index in [-0.39, 0.29) is 5.41 Å². The van der Waals surface area contributed by atoms with Gasteiger partial charge in [-0.3, -0.25) is 0 Å². The van der Waals surface area contributed by atoms with Crippen LogP contribution in [0.25, 0.3) is 0 Å². The minimum Gasteiger partial charge on any atom is -0.396 e. The van der Waals surface area contributed by atoms with Gasteiger partial charge in [0, 0.05) is 18.6 Å². The van der Waals surface area contributed by atoms with Gasteiger partial charge >= 0.3 is 0 Å². The van der Waals surface area contributed by atoms with Crippen molar-refractivity contribution in [3.8, 4) is 0 Å². The fourth-order valence-corrected chi connectivity index (χ4v) is 1.64. The Morgan fingerprint density at radius 1 is 1.29 bits per heavy atom. The average molecular weight is 197 g/mol. The maximum Gasteiger partial charge on any atom is 0.0499 e. The zero-order valence-corrected chi connectivity index (χ0v) is 9.10. The van der Waals surface area contributed by atoms with Gasteiger partial charge in [0.2, 0.25) is 0 Å². The van der Waals surface area contributed by atoms with E-state index in [0.717, 1.165) is 19.5 Å². The third-order valence-corrected chi connectivity index (χ3v) is 3.05. The summed E-state index contributed by atoms with van der Waals surface area (Å²) in [5.41, 5.74) is 0.265. The van der Waals surface area contributed by atoms with E-state index in [9.17, 15) is 0 Å². The Hall–Kier alpha value is -0.340. The highest BCUT2D eigenvalue weighted by Gasteiger charge is 2.41. The summed E-state index contributed by atoms with van der Waals surface area (Å²) in [4.78, 5) is 0. The van der Waals surface area contributed by atoms with Crippen molar-refractivity contribution in [3.63, 3.8) is 0 Å². The maximum absolute atomic E-state index is 9.08. The standard InChI is InChI=1S/C12H23NO/c1-2-3-4-5-6-9-13-10-12(11-14)7-8-12/h2,13-14H,1,3-11H2. The fourth-order valence-electron chi connectivity index (χ4n) is 1.64. The van der Waals surface area contributed by atoms with Crippen molar-refractivity contribution in [1.82, 2.24) is 5.32 Å². The molecule has 2 heteroatoms. The SMILES string of the molecule is C=CCCCCCNCC1(CO)CC1. The van der Waals surface area contributed by atoms with Crippen LogP contribution in [0.2, 0.25) is 0 Å². The van der Waals surface area contributed by atoms with Gasteiger partial charge < -0.3 is 10.4 Å². The number of unbranched alkanes of at least 4 members (excludes halogenated alkanes) is 3. The highest BCUT2D eigenvalue weighted by molar-refractivity contribution is 4.94. The fraction of sp³-hybridized carbons (Fsp3) is 0.833. The van der Waals surface area contributed by atoms with Crippen molar-refractivity contribution in [2.45, 2.75) is 38.5 Å². The monoisotopic (exact) mass is 197 g/mol. The Morgan fingerprint density at radius 3 is 2.64 bits per heavy atom. The highest BCUT2D eigenvalue weighted by Crippen LogP contribution is 2.44. The van der Waals surface area contributed by atoms with Gasteiger partial charge in [0.25, 0.3) is 0 Å². The zero-order valence-electron chi connectivity index (χ0n) is 9.10. The molecule has 0 amide bonds. The molecule has 1 aliphatic carbocycles. The first-order chi connectivity index (χ1) is 6.83. The van der Waals surface area contributed by atoms with Gasteiger partial charge in [-0.25, -0.2) is 0 Å². The van der Waals surface area contributed by atoms with E-state index in [1.807, 2.05) is 6.08 Å². The van der Waals surface area contributed by atoms with Crippen LogP contribution in [0.5, 0.6) is 0 Å². The normalized spacial score (nSPS) is 18.1. The molecule has 0 radical (unpaired) electrons. The van der Waals surface area contributed by atoms with E-state index in [1.54, 1.807) is 0 Å². The van der Waals surface area contributed by atoms with Crippen LogP contribution in [0.1, 0.15) is 38.5 Å². The molecule has 1 fully saturated rings. The summed E-state index contributed by atoms with van der Waals surface area (Å²) in [7, 11) is 0. The molecule has 1 rings (SSSR count). The second kappa shape index (κ2) is 6.20. The Morgan fingerprint density at radius 2 is 2.07 bits per heavy atom. The second-order valence-electron chi connectivity index (χ2n) is 4.47. The minimum absolute atomic E-state index is 0.265. The summed E-state index contributed by atoms with van der Waals surface area (Å²) in [5.74, 6) is 0. The average Bonchev–Trinajstić information content (AvgIpc) is 2.98. The van der Waals surface area contributed by atoms with Crippen molar-refractivity contribution < 1.29 is 5.11 Å². The van der Waals surface area contributed by atoms with E-state index in [2.05, 4.69) is 11.9 Å². The summed E-state index contributed by atoms with van der Waals surface area (Å²) in [6.07, 6.45) is 9.32. The molecule has 0 atom stereocenters. The molecular formula is C12H23NO. The molecule has 2 N–H and O–H groups in total. The van der Waals surface area contributed by atoms with Crippen LogP contribution in [0.4, 0.5) is 0 Å². The lowest BCUT2D eigenvalue weighted by atomic mass is 10.1. The first kappa shape index (κ1) is 11.7. The van der Waals surface area contributed by atoms with Crippen LogP contribution in [0.15, 0.2) is 12.7 Å². The van der Waals surface area contributed by atoms with E-state index >= 15 is 0 Å². The highest BCUT2D eigenvalue weighted by atomic mass is 16.3. The second-order valence-corrected chi connectivity index (χ2v) is 4.47. The maximum atomic E-state index is 9.08. The summed E-state index contributed by atoms with van der Waals surface area (Å²) in [5, 5.41) is 12.5. The molecule has 2 nitrogen and oxygen atoms in total. The Balaban J connectivity index is 1.82. The largest absolute Gasteiger partial charge is 0.396 e. The molecule has 0 aromatic carbocycles. The van der Waals surface area contributed by atoms with E-state index in [1.165, 1.54) is 32.1 Å². The molecule has 0 bridgehead atoms. The molecular weight excluding hydrogens is 174 g/mol. The number of nitrogens with one attached hydrogen (secondary N) is 1. The van der Waals surface area contributed by atoms with Crippen molar-refractivity contribution in [1.29, 1.82) is 0 Å². The molecule has 0 aromatic heterocycles. The topological polar surface area (TPSA) is 32.3 Å². The number of hydrogen-bond donors (Lipinski definition) is 2. The van der Waals surface area contributed by atoms with Crippen LogP contribution in [0, 0.1) is 5.41 Å². The molecule has 0 saturated heterocycles. The van der Waals surface area contributed by atoms with Crippen molar-refractivity contribution in [2.75, 3.05) is 19.7 Å². The molecule has 0 aromatic rings. The lowest BCUT2D eigenvalue weighted by Gasteiger charge is -2.12. The van der Waals surface area contributed by atoms with Gasteiger partial charge in [-0.2, -0.15) is 0 Å². The molecule has 82 valence electrons. The van der Waals surface area contributed by atoms with Crippen LogP contribution in [-0.2, 0) is 0 Å². The summed E-state index contributed by atoms with van der Waals surface area (Å²) in [6.45, 7) is 6.16. The van der Waals surface area contributed by atoms with Gasteiger partial charge in [-0.1, -0.05) is 12.5 Å². The third-order valence-electron chi connectivity index (χ3n) is 3.05. The van der Waals surface area contributed by atoms with Crippen LogP contribution < -0.4 is 5.32 Å². The predicted molar refractivity (Wildman–Crippen MR) is 60.3 cm³/mol. The van der Waals surface area contributed by atoms with Crippen LogP contribution in [-0.4, -0.2) is 24.8 Å². The number of aliphatic hydroxyl groups is 1. The minimum atomic E-state index is 0.265. The van der Waals surface area contributed by atoms with Gasteiger partial charge in [-0.15, -0.1) is 6.58 Å². The van der Waals surface area contributed by atoms with Gasteiger partial charge in [0.15, 0.2) is 0 Å². The molecule has 1 saturated carbocycles. The number of aliphatic hydroxyl groups excluding tert-OH is 1. The summed E-state index contributed by atoms with van der Waals surface area (Å²) >= 11 is 0. The lowest BCUT2D eigenvalue weighted by molar-refractivity contribution is 0.208. The third kappa shape index (κ3) is 4.25. The molecule has 0 heterocycles. The molecule has 1 aliphatic rings. The van der Waals surface area contributed by atoms with Crippen molar-refractivity contribution >= 4 is 0 Å². The molecule has 0 spiro atoms. The number of rotatable bonds is 9. The Kier molecular flexibility index (Phi) is 5.20. The summed E-state index contributed by atoms with van der Waals surface area (Å²) in [6, 6.07) is 0. The molecule has 0 aliphatic heterocycles. The van der Waals surface area contributed by atoms with Gasteiger partial charge in [0.1, 0.15) is 0 Å². The Bertz CT molecular complexity index is 164. The molecule has 0 unspecified atom stereocenters. The first-order valence-electron chi connectivity index (χ1n) is 5.75. The van der Waals surface area contributed by atoms with E-state index < -0.39 is 0 Å². The zero-order chi connectivity index (χ0) is 10.3. The van der Waals surface area contributed by atoms with Crippen molar-refractivity contribution in [2.24, 2.45) is 5.41 Å². The number of hydrogen-bond acceptors (Lipinski definition) is 2. The van der Waals surface area contributed by atoms with Crippen LogP contribution >= 0.6 is 0 Å². The predicted octanol–water partition coefficient (Wildman–Crippen LogP) is 2.09. The van der Waals surface area contributed by atoms with Crippen molar-refractivity contribution in [3.05, 3.63) is 12.7 Å².